The number of ether oxygens (including phenoxy) is 2. The van der Waals surface area contributed by atoms with E-state index in [1.54, 1.807) is 0 Å². The standard InChI is InChI=1S/C20H30N2O3/c1-16(2)14-21-9-11-22(12-10-21)20(23)18-7-3-4-8-19(18)25-15-17-6-5-13-24-17/h3-4,7-8,16-17H,5-6,9-15H2,1-2H3. The third-order valence-corrected chi connectivity index (χ3v) is 4.85. The van der Waals surface area contributed by atoms with Crippen LogP contribution in [0.2, 0.25) is 0 Å². The summed E-state index contributed by atoms with van der Waals surface area (Å²) in [5.41, 5.74) is 0.665. The molecular weight excluding hydrogens is 316 g/mol. The monoisotopic (exact) mass is 346 g/mol. The zero-order chi connectivity index (χ0) is 17.6. The average molecular weight is 346 g/mol. The number of rotatable bonds is 6. The Morgan fingerprint density at radius 2 is 2.00 bits per heavy atom. The van der Waals surface area contributed by atoms with Crippen LogP contribution >= 0.6 is 0 Å². The summed E-state index contributed by atoms with van der Waals surface area (Å²) >= 11 is 0. The molecule has 2 saturated heterocycles. The Hall–Kier alpha value is -1.59. The van der Waals surface area contributed by atoms with Gasteiger partial charge in [0.2, 0.25) is 0 Å². The lowest BCUT2D eigenvalue weighted by atomic mass is 10.1. The molecule has 0 N–H and O–H groups in total. The van der Waals surface area contributed by atoms with Crippen molar-refractivity contribution in [3.63, 3.8) is 0 Å². The highest BCUT2D eigenvalue weighted by molar-refractivity contribution is 5.97. The van der Waals surface area contributed by atoms with Crippen LogP contribution in [0, 0.1) is 5.92 Å². The Morgan fingerprint density at radius 3 is 2.68 bits per heavy atom. The molecule has 1 atom stereocenters. The van der Waals surface area contributed by atoms with Gasteiger partial charge in [-0.2, -0.15) is 0 Å². The summed E-state index contributed by atoms with van der Waals surface area (Å²) in [5.74, 6) is 1.41. The Bertz CT molecular complexity index is 562. The average Bonchev–Trinajstić information content (AvgIpc) is 3.13. The molecular formula is C20H30N2O3. The summed E-state index contributed by atoms with van der Waals surface area (Å²) in [5, 5.41) is 0. The molecule has 2 fully saturated rings. The Kier molecular flexibility index (Phi) is 6.32. The fraction of sp³-hybridized carbons (Fsp3) is 0.650. The van der Waals surface area contributed by atoms with Crippen LogP contribution in [0.1, 0.15) is 37.0 Å². The molecule has 2 aliphatic heterocycles. The van der Waals surface area contributed by atoms with Crippen molar-refractivity contribution in [1.29, 1.82) is 0 Å². The number of benzene rings is 1. The lowest BCUT2D eigenvalue weighted by Gasteiger charge is -2.35. The fourth-order valence-electron chi connectivity index (χ4n) is 3.55. The normalized spacial score (nSPS) is 21.7. The van der Waals surface area contributed by atoms with E-state index in [0.29, 0.717) is 23.8 Å². The molecule has 5 nitrogen and oxygen atoms in total. The lowest BCUT2D eigenvalue weighted by Crippen LogP contribution is -2.49. The van der Waals surface area contributed by atoms with Gasteiger partial charge in [0.15, 0.2) is 0 Å². The molecule has 1 unspecified atom stereocenters. The molecule has 0 radical (unpaired) electrons. The molecule has 0 aromatic heterocycles. The van der Waals surface area contributed by atoms with Gasteiger partial charge in [0, 0.05) is 39.3 Å². The third-order valence-electron chi connectivity index (χ3n) is 4.85. The second-order valence-corrected chi connectivity index (χ2v) is 7.43. The Labute approximate surface area is 150 Å². The molecule has 1 aromatic rings. The third kappa shape index (κ3) is 4.95. The lowest BCUT2D eigenvalue weighted by molar-refractivity contribution is 0.0590. The van der Waals surface area contributed by atoms with E-state index in [1.165, 1.54) is 0 Å². The van der Waals surface area contributed by atoms with Gasteiger partial charge >= 0.3 is 0 Å². The van der Waals surface area contributed by atoms with Gasteiger partial charge in [-0.3, -0.25) is 9.69 Å². The quantitative estimate of drug-likeness (QED) is 0.794. The molecule has 1 amide bonds. The van der Waals surface area contributed by atoms with Gasteiger partial charge in [-0.1, -0.05) is 26.0 Å². The number of amides is 1. The smallest absolute Gasteiger partial charge is 0.257 e. The highest BCUT2D eigenvalue weighted by Crippen LogP contribution is 2.22. The molecule has 0 bridgehead atoms. The topological polar surface area (TPSA) is 42.0 Å². The van der Waals surface area contributed by atoms with Gasteiger partial charge in [0.05, 0.1) is 11.7 Å². The molecule has 25 heavy (non-hydrogen) atoms. The van der Waals surface area contributed by atoms with E-state index in [2.05, 4.69) is 18.7 Å². The zero-order valence-electron chi connectivity index (χ0n) is 15.4. The summed E-state index contributed by atoms with van der Waals surface area (Å²) in [4.78, 5) is 17.3. The van der Waals surface area contributed by atoms with Crippen molar-refractivity contribution in [2.24, 2.45) is 5.92 Å². The summed E-state index contributed by atoms with van der Waals surface area (Å²) in [6.07, 6.45) is 2.28. The molecule has 138 valence electrons. The summed E-state index contributed by atoms with van der Waals surface area (Å²) in [7, 11) is 0. The van der Waals surface area contributed by atoms with E-state index >= 15 is 0 Å². The first-order valence-electron chi connectivity index (χ1n) is 9.48. The van der Waals surface area contributed by atoms with Crippen molar-refractivity contribution >= 4 is 5.91 Å². The zero-order valence-corrected chi connectivity index (χ0v) is 15.4. The van der Waals surface area contributed by atoms with Gasteiger partial charge in [0.1, 0.15) is 12.4 Å². The number of carbonyl (C=O) groups is 1. The highest BCUT2D eigenvalue weighted by Gasteiger charge is 2.25. The largest absolute Gasteiger partial charge is 0.490 e. The van der Waals surface area contributed by atoms with Crippen LogP contribution in [0.3, 0.4) is 0 Å². The van der Waals surface area contributed by atoms with Gasteiger partial charge in [-0.05, 0) is 30.9 Å². The maximum absolute atomic E-state index is 12.9. The first-order chi connectivity index (χ1) is 12.1. The minimum absolute atomic E-state index is 0.0761. The van der Waals surface area contributed by atoms with E-state index in [9.17, 15) is 4.79 Å². The van der Waals surface area contributed by atoms with Crippen molar-refractivity contribution in [1.82, 2.24) is 9.80 Å². The molecule has 1 aromatic carbocycles. The SMILES string of the molecule is CC(C)CN1CCN(C(=O)c2ccccc2OCC2CCCO2)CC1. The minimum atomic E-state index is 0.0761. The van der Waals surface area contributed by atoms with Crippen LogP contribution < -0.4 is 4.74 Å². The number of nitrogens with zero attached hydrogens (tertiary/aromatic N) is 2. The van der Waals surface area contributed by atoms with Crippen molar-refractivity contribution in [3.8, 4) is 5.75 Å². The molecule has 2 heterocycles. The van der Waals surface area contributed by atoms with Crippen LogP contribution in [0.25, 0.3) is 0 Å². The molecule has 0 saturated carbocycles. The van der Waals surface area contributed by atoms with Gasteiger partial charge in [0.25, 0.3) is 5.91 Å². The maximum Gasteiger partial charge on any atom is 0.257 e. The number of hydrogen-bond donors (Lipinski definition) is 0. The number of carbonyl (C=O) groups excluding carboxylic acids is 1. The highest BCUT2D eigenvalue weighted by atomic mass is 16.5. The predicted octanol–water partition coefficient (Wildman–Crippen LogP) is 2.66. The molecule has 2 aliphatic rings. The van der Waals surface area contributed by atoms with E-state index in [4.69, 9.17) is 9.47 Å². The molecule has 0 aliphatic carbocycles. The van der Waals surface area contributed by atoms with Crippen LogP contribution in [0.15, 0.2) is 24.3 Å². The second-order valence-electron chi connectivity index (χ2n) is 7.43. The van der Waals surface area contributed by atoms with Crippen molar-refractivity contribution in [3.05, 3.63) is 29.8 Å². The van der Waals surface area contributed by atoms with Crippen LogP contribution in [0.4, 0.5) is 0 Å². The van der Waals surface area contributed by atoms with E-state index in [-0.39, 0.29) is 12.0 Å². The predicted molar refractivity (Wildman–Crippen MR) is 98.1 cm³/mol. The summed E-state index contributed by atoms with van der Waals surface area (Å²) in [6, 6.07) is 7.58. The van der Waals surface area contributed by atoms with Crippen molar-refractivity contribution in [2.45, 2.75) is 32.8 Å². The van der Waals surface area contributed by atoms with Crippen molar-refractivity contribution < 1.29 is 14.3 Å². The summed E-state index contributed by atoms with van der Waals surface area (Å²) in [6.45, 7) is 10.4. The molecule has 0 spiro atoms. The minimum Gasteiger partial charge on any atom is -0.490 e. The van der Waals surface area contributed by atoms with Gasteiger partial charge in [-0.15, -0.1) is 0 Å². The van der Waals surface area contributed by atoms with Gasteiger partial charge < -0.3 is 14.4 Å². The molecule has 5 heteroatoms. The van der Waals surface area contributed by atoms with E-state index < -0.39 is 0 Å². The Morgan fingerprint density at radius 1 is 1.24 bits per heavy atom. The van der Waals surface area contributed by atoms with Crippen molar-refractivity contribution in [2.75, 3.05) is 45.9 Å². The molecule has 3 rings (SSSR count). The van der Waals surface area contributed by atoms with E-state index in [0.717, 1.165) is 52.2 Å². The van der Waals surface area contributed by atoms with Crippen LogP contribution in [-0.4, -0.2) is 67.7 Å². The Balaban J connectivity index is 1.58. The first-order valence-corrected chi connectivity index (χ1v) is 9.48. The maximum atomic E-state index is 12.9. The number of para-hydroxylation sites is 1. The summed E-state index contributed by atoms with van der Waals surface area (Å²) < 4.78 is 11.5. The van der Waals surface area contributed by atoms with E-state index in [1.807, 2.05) is 29.2 Å². The fourth-order valence-corrected chi connectivity index (χ4v) is 3.55. The first kappa shape index (κ1) is 18.2. The van der Waals surface area contributed by atoms with Crippen LogP contribution in [0.5, 0.6) is 5.75 Å². The second kappa shape index (κ2) is 8.68. The van der Waals surface area contributed by atoms with Crippen LogP contribution in [-0.2, 0) is 4.74 Å². The van der Waals surface area contributed by atoms with Gasteiger partial charge in [-0.25, -0.2) is 0 Å². The number of hydrogen-bond acceptors (Lipinski definition) is 4. The number of piperazine rings is 1.